The number of likely N-dealkylation sites (tertiary alicyclic amines) is 1. The largest absolute Gasteiger partial charge is 0.490 e. The molecule has 16 heteroatoms. The number of amides is 4. The molecule has 7 rings (SSSR count). The Hall–Kier alpha value is -6.67. The van der Waals surface area contributed by atoms with E-state index in [1.807, 2.05) is 132 Å². The zero-order chi connectivity index (χ0) is 48.9. The lowest BCUT2D eigenvalue weighted by Gasteiger charge is -2.35. The summed E-state index contributed by atoms with van der Waals surface area (Å²) in [6.45, 7) is 21.2. The van der Waals surface area contributed by atoms with E-state index in [0.29, 0.717) is 34.4 Å². The Morgan fingerprint density at radius 1 is 0.941 bits per heavy atom. The van der Waals surface area contributed by atoms with Crippen LogP contribution >= 0.6 is 23.6 Å². The third kappa shape index (κ3) is 11.0. The fourth-order valence-electron chi connectivity index (χ4n) is 8.39. The number of hydrogen-bond donors (Lipinski definition) is 3. The summed E-state index contributed by atoms with van der Waals surface area (Å²) in [6, 6.07) is 26.1. The highest BCUT2D eigenvalue weighted by atomic mass is 32.1. The summed E-state index contributed by atoms with van der Waals surface area (Å²) in [7, 11) is 0. The Morgan fingerprint density at radius 2 is 1.56 bits per heavy atom. The van der Waals surface area contributed by atoms with Crippen LogP contribution in [-0.2, 0) is 32.1 Å². The summed E-state index contributed by atoms with van der Waals surface area (Å²) in [6.07, 6.45) is -0.201. The average Bonchev–Trinajstić information content (AvgIpc) is 3.98. The lowest BCUT2D eigenvalue weighted by molar-refractivity contribution is -0.144. The van der Waals surface area contributed by atoms with Gasteiger partial charge in [0.15, 0.2) is 10.8 Å². The van der Waals surface area contributed by atoms with E-state index < -0.39 is 35.0 Å². The Balaban J connectivity index is 0.856. The fraction of sp³-hybridized carbons (Fsp3) is 0.365. The highest BCUT2D eigenvalue weighted by Crippen LogP contribution is 2.38. The van der Waals surface area contributed by atoms with Crippen molar-refractivity contribution >= 4 is 69.4 Å². The van der Waals surface area contributed by atoms with E-state index in [2.05, 4.69) is 20.5 Å². The molecule has 5 aromatic rings. The van der Waals surface area contributed by atoms with Crippen LogP contribution < -0.4 is 29.9 Å². The van der Waals surface area contributed by atoms with Crippen LogP contribution in [0.5, 0.6) is 11.5 Å². The number of rotatable bonds is 16. The summed E-state index contributed by atoms with van der Waals surface area (Å²) >= 11 is 7.40. The van der Waals surface area contributed by atoms with Crippen LogP contribution in [0.25, 0.3) is 15.3 Å². The number of ether oxygens (including phenoxy) is 2. The summed E-state index contributed by atoms with van der Waals surface area (Å²) in [4.78, 5) is 68.2. The van der Waals surface area contributed by atoms with Crippen molar-refractivity contribution in [3.05, 3.63) is 130 Å². The predicted molar refractivity (Wildman–Crippen MR) is 268 cm³/mol. The molecule has 2 aliphatic rings. The SMILES string of the molecule is [C-]#[N+]c1ccc(N2C(=O)C(C)(C)N(c3ccc(OCCOc4ccc(CCC(=O)N[C@H](C(=O)N5C[C@H](O)C[C@H]5C(=O)NCc5ccc(-c6scnc6C)cc5)C(C)(C)C)cc4)cc3)C2=S)cc1C. The van der Waals surface area contributed by atoms with E-state index in [9.17, 15) is 24.3 Å². The minimum Gasteiger partial charge on any atom is -0.490 e. The number of nitrogens with zero attached hydrogens (tertiary/aromatic N) is 5. The van der Waals surface area contributed by atoms with E-state index in [1.54, 1.807) is 29.5 Å². The molecule has 2 saturated heterocycles. The van der Waals surface area contributed by atoms with Crippen molar-refractivity contribution in [3.63, 3.8) is 0 Å². The summed E-state index contributed by atoms with van der Waals surface area (Å²) in [5.41, 5.74) is 6.67. The molecular weight excluding hydrogens is 899 g/mol. The van der Waals surface area contributed by atoms with Gasteiger partial charge >= 0.3 is 0 Å². The Labute approximate surface area is 407 Å². The second-order valence-electron chi connectivity index (χ2n) is 18.7. The van der Waals surface area contributed by atoms with Gasteiger partial charge in [-0.3, -0.25) is 24.1 Å². The molecule has 0 unspecified atom stereocenters. The Bertz CT molecular complexity index is 2710. The maximum atomic E-state index is 14.1. The quantitative estimate of drug-likeness (QED) is 0.0502. The second kappa shape index (κ2) is 20.7. The summed E-state index contributed by atoms with van der Waals surface area (Å²) in [5, 5.41) is 16.8. The normalized spacial score (nSPS) is 17.2. The van der Waals surface area contributed by atoms with Crippen molar-refractivity contribution in [3.8, 4) is 21.9 Å². The molecule has 3 N–H and O–H groups in total. The van der Waals surface area contributed by atoms with Crippen molar-refractivity contribution in [2.24, 2.45) is 5.41 Å². The molecular formula is C52H57N7O7S2. The zero-order valence-electron chi connectivity index (χ0n) is 39.4. The molecule has 0 radical (unpaired) electrons. The lowest BCUT2D eigenvalue weighted by atomic mass is 9.85. The highest BCUT2D eigenvalue weighted by molar-refractivity contribution is 7.81. The van der Waals surface area contributed by atoms with Gasteiger partial charge in [-0.25, -0.2) is 9.83 Å². The second-order valence-corrected chi connectivity index (χ2v) is 19.9. The first-order chi connectivity index (χ1) is 32.3. The number of hydrogen-bond acceptors (Lipinski definition) is 10. The van der Waals surface area contributed by atoms with Gasteiger partial charge in [-0.1, -0.05) is 63.2 Å². The van der Waals surface area contributed by atoms with E-state index in [0.717, 1.165) is 38.5 Å². The zero-order valence-corrected chi connectivity index (χ0v) is 41.0. The molecule has 3 atom stereocenters. The summed E-state index contributed by atoms with van der Waals surface area (Å²) in [5.74, 6) is 0.0233. The third-order valence-electron chi connectivity index (χ3n) is 12.2. The number of carbonyl (C=O) groups excluding carboxylic acids is 4. The molecule has 0 bridgehead atoms. The topological polar surface area (TPSA) is 158 Å². The molecule has 3 heterocycles. The molecule has 14 nitrogen and oxygen atoms in total. The molecule has 354 valence electrons. The molecule has 4 aromatic carbocycles. The van der Waals surface area contributed by atoms with Crippen LogP contribution in [0.4, 0.5) is 17.1 Å². The Kier molecular flexibility index (Phi) is 15.0. The van der Waals surface area contributed by atoms with Crippen molar-refractivity contribution in [2.75, 3.05) is 29.6 Å². The van der Waals surface area contributed by atoms with Crippen molar-refractivity contribution in [1.29, 1.82) is 0 Å². The number of carbonyl (C=O) groups is 4. The van der Waals surface area contributed by atoms with Gasteiger partial charge in [0.2, 0.25) is 17.7 Å². The minimum absolute atomic E-state index is 0.00390. The highest BCUT2D eigenvalue weighted by Gasteiger charge is 2.50. The van der Waals surface area contributed by atoms with Crippen LogP contribution in [0.3, 0.4) is 0 Å². The van der Waals surface area contributed by atoms with Crippen LogP contribution in [0, 0.1) is 25.8 Å². The number of thiazole rings is 1. The van der Waals surface area contributed by atoms with Crippen molar-refractivity contribution in [2.45, 2.75) is 98.0 Å². The van der Waals surface area contributed by atoms with Gasteiger partial charge in [-0.05, 0) is 123 Å². The number of nitrogens with one attached hydrogen (secondary N) is 2. The van der Waals surface area contributed by atoms with Crippen molar-refractivity contribution in [1.82, 2.24) is 20.5 Å². The predicted octanol–water partition coefficient (Wildman–Crippen LogP) is 8.09. The van der Waals surface area contributed by atoms with E-state index in [4.69, 9.17) is 28.3 Å². The van der Waals surface area contributed by atoms with E-state index >= 15 is 0 Å². The summed E-state index contributed by atoms with van der Waals surface area (Å²) < 4.78 is 11.9. The molecule has 1 aromatic heterocycles. The number of aryl methyl sites for hydroxylation is 3. The minimum atomic E-state index is -0.943. The number of anilines is 2. The van der Waals surface area contributed by atoms with Gasteiger partial charge < -0.3 is 35.0 Å². The van der Waals surface area contributed by atoms with Crippen LogP contribution in [0.15, 0.2) is 96.5 Å². The maximum Gasteiger partial charge on any atom is 0.259 e. The molecule has 2 fully saturated rings. The van der Waals surface area contributed by atoms with Gasteiger partial charge in [-0.15, -0.1) is 11.3 Å². The Morgan fingerprint density at radius 3 is 2.15 bits per heavy atom. The maximum absolute atomic E-state index is 14.1. The number of thiocarbonyl (C=S) groups is 1. The molecule has 0 aliphatic carbocycles. The number of aliphatic hydroxyl groups excluding tert-OH is 1. The van der Waals surface area contributed by atoms with Crippen LogP contribution in [0.1, 0.15) is 69.8 Å². The van der Waals surface area contributed by atoms with E-state index in [-0.39, 0.29) is 56.9 Å². The lowest BCUT2D eigenvalue weighted by Crippen LogP contribution is -2.57. The van der Waals surface area contributed by atoms with Crippen molar-refractivity contribution < 1.29 is 33.8 Å². The first kappa shape index (κ1) is 49.2. The van der Waals surface area contributed by atoms with Gasteiger partial charge in [-0.2, -0.15) is 0 Å². The smallest absolute Gasteiger partial charge is 0.259 e. The molecule has 4 amide bonds. The third-order valence-corrected chi connectivity index (χ3v) is 13.6. The average molecular weight is 956 g/mol. The number of aliphatic hydroxyl groups is 1. The van der Waals surface area contributed by atoms with Gasteiger partial charge in [0.05, 0.1) is 28.8 Å². The van der Waals surface area contributed by atoms with Gasteiger partial charge in [0.1, 0.15) is 42.3 Å². The van der Waals surface area contributed by atoms with Crippen LogP contribution in [-0.4, -0.2) is 87.2 Å². The number of β-amino-alcohol motifs (C(OH)–C–C–N with tert-alkyl or cyclic N) is 1. The number of benzene rings is 4. The standard InChI is InChI=1S/C52H57N7O7S2/c1-32-27-38(18-23-42(32)53-8)58-49(64)52(6,7)59(50(58)67)37-16-21-41(22-17-37)66-26-25-65-40-19-11-34(12-20-40)13-24-44(61)56-46(51(3,4)5)48(63)57-30-39(60)28-43(57)47(62)54-29-35-9-14-36(15-10-35)45-33(2)55-31-68-45/h9-12,14-23,27,31,39,43,46,60H,13,24-26,28-30H2,1-7H3,(H,54,62)(H,56,61)/t39-,43+,46-/m1/s1. The first-order valence-electron chi connectivity index (χ1n) is 22.5. The molecule has 2 aliphatic heterocycles. The van der Waals surface area contributed by atoms with Crippen LogP contribution in [0.2, 0.25) is 0 Å². The molecule has 0 spiro atoms. The first-order valence-corrected chi connectivity index (χ1v) is 23.8. The van der Waals surface area contributed by atoms with Gasteiger partial charge in [0.25, 0.3) is 5.91 Å². The fourth-order valence-corrected chi connectivity index (χ4v) is 9.73. The molecule has 0 saturated carbocycles. The molecule has 68 heavy (non-hydrogen) atoms. The number of aromatic nitrogens is 1. The van der Waals surface area contributed by atoms with E-state index in [1.165, 1.54) is 9.80 Å². The monoisotopic (exact) mass is 955 g/mol. The van der Waals surface area contributed by atoms with Gasteiger partial charge in [0, 0.05) is 37.3 Å².